The average Bonchev–Trinajstić information content (AvgIpc) is 2.73. The molecule has 2 atom stereocenters. The van der Waals surface area contributed by atoms with E-state index in [4.69, 9.17) is 0 Å². The molecule has 3 nitrogen and oxygen atoms in total. The molecule has 0 aliphatic heterocycles. The highest BCUT2D eigenvalue weighted by molar-refractivity contribution is 9.10. The van der Waals surface area contributed by atoms with Gasteiger partial charge in [-0.25, -0.2) is 4.98 Å². The Bertz CT molecular complexity index is 360. The van der Waals surface area contributed by atoms with Crippen molar-refractivity contribution in [3.05, 3.63) is 26.8 Å². The summed E-state index contributed by atoms with van der Waals surface area (Å²) in [7, 11) is 0. The van der Waals surface area contributed by atoms with Crippen molar-refractivity contribution in [2.45, 2.75) is 19.3 Å². The lowest BCUT2D eigenvalue weighted by atomic mass is 10.3. The van der Waals surface area contributed by atoms with Crippen LogP contribution in [0, 0.1) is 5.92 Å². The highest BCUT2D eigenvalue weighted by Gasteiger charge is 2.36. The Morgan fingerprint density at radius 2 is 2.42 bits per heavy atom. The van der Waals surface area contributed by atoms with Crippen molar-refractivity contribution in [1.29, 1.82) is 0 Å². The Kier molecular flexibility index (Phi) is 1.79. The molecule has 0 aromatic carbocycles. The summed E-state index contributed by atoms with van der Waals surface area (Å²) in [6.45, 7) is 2.16. The third-order valence-corrected chi connectivity index (χ3v) is 2.80. The van der Waals surface area contributed by atoms with Gasteiger partial charge in [-0.05, 0) is 28.3 Å². The van der Waals surface area contributed by atoms with Crippen molar-refractivity contribution in [3.8, 4) is 0 Å². The SMILES string of the molecule is CC1CC1c1ncc(Br)c(=O)[nH]1. The molecule has 0 amide bonds. The zero-order chi connectivity index (χ0) is 8.72. The summed E-state index contributed by atoms with van der Waals surface area (Å²) >= 11 is 3.11. The molecule has 0 radical (unpaired) electrons. The Hall–Kier alpha value is -0.640. The summed E-state index contributed by atoms with van der Waals surface area (Å²) in [4.78, 5) is 18.0. The van der Waals surface area contributed by atoms with E-state index in [-0.39, 0.29) is 5.56 Å². The second-order valence-electron chi connectivity index (χ2n) is 3.26. The van der Waals surface area contributed by atoms with Crippen molar-refractivity contribution in [3.63, 3.8) is 0 Å². The first kappa shape index (κ1) is 7.98. The van der Waals surface area contributed by atoms with Gasteiger partial charge in [0.1, 0.15) is 10.3 Å². The number of hydrogen-bond acceptors (Lipinski definition) is 2. The Morgan fingerprint density at radius 1 is 1.75 bits per heavy atom. The van der Waals surface area contributed by atoms with E-state index in [0.717, 1.165) is 12.2 Å². The minimum Gasteiger partial charge on any atom is -0.309 e. The predicted molar refractivity (Wildman–Crippen MR) is 49.1 cm³/mol. The number of rotatable bonds is 1. The highest BCUT2D eigenvalue weighted by Crippen LogP contribution is 2.44. The summed E-state index contributed by atoms with van der Waals surface area (Å²) in [6.07, 6.45) is 2.71. The molecule has 1 heterocycles. The number of H-pyrrole nitrogens is 1. The zero-order valence-electron chi connectivity index (χ0n) is 6.67. The Labute approximate surface area is 78.4 Å². The van der Waals surface area contributed by atoms with Gasteiger partial charge in [0.25, 0.3) is 5.56 Å². The van der Waals surface area contributed by atoms with Crippen molar-refractivity contribution in [1.82, 2.24) is 9.97 Å². The molecule has 1 aliphatic rings. The molecule has 64 valence electrons. The van der Waals surface area contributed by atoms with Crippen LogP contribution in [0.25, 0.3) is 0 Å². The van der Waals surface area contributed by atoms with Crippen LogP contribution in [0.5, 0.6) is 0 Å². The van der Waals surface area contributed by atoms with Crippen molar-refractivity contribution >= 4 is 15.9 Å². The van der Waals surface area contributed by atoms with E-state index >= 15 is 0 Å². The average molecular weight is 229 g/mol. The van der Waals surface area contributed by atoms with E-state index in [1.165, 1.54) is 0 Å². The molecule has 0 saturated heterocycles. The van der Waals surface area contributed by atoms with Gasteiger partial charge in [0.15, 0.2) is 0 Å². The molecular formula is C8H9BrN2O. The lowest BCUT2D eigenvalue weighted by Gasteiger charge is -1.96. The summed E-state index contributed by atoms with van der Waals surface area (Å²) in [5, 5.41) is 0. The fourth-order valence-corrected chi connectivity index (χ4v) is 1.49. The van der Waals surface area contributed by atoms with Gasteiger partial charge < -0.3 is 4.98 Å². The third-order valence-electron chi connectivity index (χ3n) is 2.24. The van der Waals surface area contributed by atoms with Gasteiger partial charge in [-0.15, -0.1) is 0 Å². The van der Waals surface area contributed by atoms with Crippen LogP contribution >= 0.6 is 15.9 Å². The molecule has 1 aliphatic carbocycles. The molecule has 12 heavy (non-hydrogen) atoms. The number of aromatic amines is 1. The highest BCUT2D eigenvalue weighted by atomic mass is 79.9. The molecule has 2 rings (SSSR count). The van der Waals surface area contributed by atoms with Crippen molar-refractivity contribution < 1.29 is 0 Å². The van der Waals surface area contributed by atoms with E-state index in [1.807, 2.05) is 0 Å². The lowest BCUT2D eigenvalue weighted by Crippen LogP contribution is -2.10. The monoisotopic (exact) mass is 228 g/mol. The van der Waals surface area contributed by atoms with Gasteiger partial charge >= 0.3 is 0 Å². The van der Waals surface area contributed by atoms with E-state index in [0.29, 0.717) is 16.3 Å². The maximum Gasteiger partial charge on any atom is 0.265 e. The zero-order valence-corrected chi connectivity index (χ0v) is 8.26. The van der Waals surface area contributed by atoms with Crippen LogP contribution in [0.3, 0.4) is 0 Å². The second kappa shape index (κ2) is 2.69. The topological polar surface area (TPSA) is 45.8 Å². The largest absolute Gasteiger partial charge is 0.309 e. The Balaban J connectivity index is 2.36. The second-order valence-corrected chi connectivity index (χ2v) is 4.12. The van der Waals surface area contributed by atoms with Gasteiger partial charge in [-0.2, -0.15) is 0 Å². The fraction of sp³-hybridized carbons (Fsp3) is 0.500. The number of nitrogens with one attached hydrogen (secondary N) is 1. The standard InChI is InChI=1S/C8H9BrN2O/c1-4-2-5(4)7-10-3-6(9)8(12)11-7/h3-5H,2H2,1H3,(H,10,11,12). The fourth-order valence-electron chi connectivity index (χ4n) is 1.28. The van der Waals surface area contributed by atoms with Crippen LogP contribution in [-0.4, -0.2) is 9.97 Å². The van der Waals surface area contributed by atoms with Gasteiger partial charge in [0.05, 0.1) is 0 Å². The summed E-state index contributed by atoms with van der Waals surface area (Å²) < 4.78 is 0.500. The predicted octanol–water partition coefficient (Wildman–Crippen LogP) is 1.66. The van der Waals surface area contributed by atoms with Gasteiger partial charge in [0.2, 0.25) is 0 Å². The molecule has 1 fully saturated rings. The quantitative estimate of drug-likeness (QED) is 0.795. The van der Waals surface area contributed by atoms with Crippen molar-refractivity contribution in [2.75, 3.05) is 0 Å². The van der Waals surface area contributed by atoms with Gasteiger partial charge in [0, 0.05) is 12.1 Å². The third kappa shape index (κ3) is 1.31. The first-order valence-corrected chi connectivity index (χ1v) is 4.72. The van der Waals surface area contributed by atoms with Crippen LogP contribution in [0.15, 0.2) is 15.5 Å². The maximum atomic E-state index is 11.1. The van der Waals surface area contributed by atoms with E-state index in [1.54, 1.807) is 6.20 Å². The van der Waals surface area contributed by atoms with Crippen LogP contribution in [0.4, 0.5) is 0 Å². The normalized spacial score (nSPS) is 27.2. The van der Waals surface area contributed by atoms with Crippen LogP contribution < -0.4 is 5.56 Å². The minimum atomic E-state index is -0.0842. The van der Waals surface area contributed by atoms with Crippen molar-refractivity contribution in [2.24, 2.45) is 5.92 Å². The number of hydrogen-bond donors (Lipinski definition) is 1. The summed E-state index contributed by atoms with van der Waals surface area (Å²) in [6, 6.07) is 0. The lowest BCUT2D eigenvalue weighted by molar-refractivity contribution is 0.830. The molecular weight excluding hydrogens is 220 g/mol. The molecule has 1 saturated carbocycles. The summed E-state index contributed by atoms with van der Waals surface area (Å²) in [5.41, 5.74) is -0.0842. The summed E-state index contributed by atoms with van der Waals surface area (Å²) in [5.74, 6) is 1.98. The Morgan fingerprint density at radius 3 is 2.92 bits per heavy atom. The van der Waals surface area contributed by atoms with E-state index < -0.39 is 0 Å². The van der Waals surface area contributed by atoms with Gasteiger partial charge in [-0.1, -0.05) is 6.92 Å². The first-order valence-electron chi connectivity index (χ1n) is 3.93. The molecule has 0 spiro atoms. The molecule has 4 heteroatoms. The molecule has 0 bridgehead atoms. The minimum absolute atomic E-state index is 0.0842. The van der Waals surface area contributed by atoms with Crippen LogP contribution in [0.2, 0.25) is 0 Å². The van der Waals surface area contributed by atoms with Crippen LogP contribution in [-0.2, 0) is 0 Å². The number of nitrogens with zero attached hydrogens (tertiary/aromatic N) is 1. The van der Waals surface area contributed by atoms with E-state index in [9.17, 15) is 4.79 Å². The number of aromatic nitrogens is 2. The van der Waals surface area contributed by atoms with Crippen LogP contribution in [0.1, 0.15) is 25.1 Å². The molecule has 1 aromatic heterocycles. The first-order chi connectivity index (χ1) is 5.68. The number of halogens is 1. The van der Waals surface area contributed by atoms with Gasteiger partial charge in [-0.3, -0.25) is 4.79 Å². The molecule has 1 N–H and O–H groups in total. The smallest absolute Gasteiger partial charge is 0.265 e. The van der Waals surface area contributed by atoms with E-state index in [2.05, 4.69) is 32.8 Å². The molecule has 2 unspecified atom stereocenters. The molecule has 1 aromatic rings. The maximum absolute atomic E-state index is 11.1.